The molecule has 0 aliphatic carbocycles. The number of aromatic nitrogens is 3. The lowest BCUT2D eigenvalue weighted by molar-refractivity contribution is 0.253. The lowest BCUT2D eigenvalue weighted by Crippen LogP contribution is -2.26. The van der Waals surface area contributed by atoms with E-state index in [-0.39, 0.29) is 11.5 Å². The van der Waals surface area contributed by atoms with Crippen molar-refractivity contribution in [2.24, 2.45) is 11.1 Å². The van der Waals surface area contributed by atoms with Gasteiger partial charge in [0.05, 0.1) is 16.4 Å². The van der Waals surface area contributed by atoms with Crippen LogP contribution in [0, 0.1) is 5.41 Å². The number of rotatable bonds is 2. The second-order valence-corrected chi connectivity index (χ2v) is 5.55. The predicted octanol–water partition coefficient (Wildman–Crippen LogP) is 2.24. The first-order valence-electron chi connectivity index (χ1n) is 4.96. The molecule has 0 amide bonds. The van der Waals surface area contributed by atoms with Gasteiger partial charge in [0, 0.05) is 6.20 Å². The van der Waals surface area contributed by atoms with Crippen LogP contribution in [0.15, 0.2) is 16.2 Å². The number of hydrogen-bond acceptors (Lipinski definition) is 6. The second-order valence-electron chi connectivity index (χ2n) is 4.67. The Morgan fingerprint density at radius 3 is 2.75 bits per heavy atom. The van der Waals surface area contributed by atoms with Crippen LogP contribution in [0.4, 0.5) is 0 Å². The summed E-state index contributed by atoms with van der Waals surface area (Å²) in [5.41, 5.74) is 7.66. The van der Waals surface area contributed by atoms with Gasteiger partial charge in [-0.15, -0.1) is 11.3 Å². The highest BCUT2D eigenvalue weighted by molar-refractivity contribution is 7.13. The van der Waals surface area contributed by atoms with Crippen LogP contribution in [-0.4, -0.2) is 15.1 Å². The fourth-order valence-corrected chi connectivity index (χ4v) is 1.70. The highest BCUT2D eigenvalue weighted by Gasteiger charge is 2.27. The van der Waals surface area contributed by atoms with Crippen LogP contribution in [0.3, 0.4) is 0 Å². The lowest BCUT2D eigenvalue weighted by Gasteiger charge is -2.23. The summed E-state index contributed by atoms with van der Waals surface area (Å²) in [6.45, 7) is 6.11. The molecule has 0 saturated carbocycles. The molecule has 0 saturated heterocycles. The molecule has 0 bridgehead atoms. The first kappa shape index (κ1) is 11.2. The van der Waals surface area contributed by atoms with Gasteiger partial charge in [-0.3, -0.25) is 4.98 Å². The van der Waals surface area contributed by atoms with Gasteiger partial charge < -0.3 is 10.3 Å². The van der Waals surface area contributed by atoms with Gasteiger partial charge in [-0.25, -0.2) is 0 Å². The monoisotopic (exact) mass is 238 g/mol. The topological polar surface area (TPSA) is 77.8 Å². The highest BCUT2D eigenvalue weighted by Crippen LogP contribution is 2.30. The van der Waals surface area contributed by atoms with E-state index in [0.29, 0.717) is 11.7 Å². The molecule has 0 radical (unpaired) electrons. The van der Waals surface area contributed by atoms with Crippen LogP contribution < -0.4 is 5.73 Å². The molecule has 2 aromatic rings. The van der Waals surface area contributed by atoms with E-state index in [1.165, 1.54) is 11.3 Å². The summed E-state index contributed by atoms with van der Waals surface area (Å²) in [6, 6.07) is -0.262. The van der Waals surface area contributed by atoms with Crippen molar-refractivity contribution in [3.8, 4) is 10.7 Å². The van der Waals surface area contributed by atoms with E-state index in [0.717, 1.165) is 4.88 Å². The van der Waals surface area contributed by atoms with Crippen LogP contribution in [0.1, 0.15) is 32.7 Å². The van der Waals surface area contributed by atoms with Crippen LogP contribution in [-0.2, 0) is 0 Å². The van der Waals surface area contributed by atoms with E-state index >= 15 is 0 Å². The molecule has 1 atom stereocenters. The maximum absolute atomic E-state index is 6.03. The van der Waals surface area contributed by atoms with Crippen molar-refractivity contribution in [3.63, 3.8) is 0 Å². The number of nitrogens with zero attached hydrogens (tertiary/aromatic N) is 3. The zero-order valence-corrected chi connectivity index (χ0v) is 10.3. The minimum absolute atomic E-state index is 0.0997. The molecule has 16 heavy (non-hydrogen) atoms. The smallest absolute Gasteiger partial charge is 0.244 e. The van der Waals surface area contributed by atoms with Gasteiger partial charge in [0.25, 0.3) is 0 Å². The number of hydrogen-bond donors (Lipinski definition) is 1. The number of nitrogens with two attached hydrogens (primary N) is 1. The van der Waals surface area contributed by atoms with Gasteiger partial charge in [0.15, 0.2) is 0 Å². The first-order valence-corrected chi connectivity index (χ1v) is 5.84. The van der Waals surface area contributed by atoms with Crippen molar-refractivity contribution in [3.05, 3.63) is 17.6 Å². The fourth-order valence-electron chi connectivity index (χ4n) is 1.16. The highest BCUT2D eigenvalue weighted by atomic mass is 32.1. The number of thiazole rings is 1. The molecule has 86 valence electrons. The molecule has 6 heteroatoms. The van der Waals surface area contributed by atoms with Crippen molar-refractivity contribution >= 4 is 11.3 Å². The van der Waals surface area contributed by atoms with E-state index in [9.17, 15) is 0 Å². The molecule has 0 aliphatic rings. The van der Waals surface area contributed by atoms with Gasteiger partial charge in [0.2, 0.25) is 11.7 Å². The third-order valence-corrected chi connectivity index (χ3v) is 3.06. The molecular weight excluding hydrogens is 224 g/mol. The summed E-state index contributed by atoms with van der Waals surface area (Å²) >= 11 is 1.47. The molecule has 5 nitrogen and oxygen atoms in total. The Kier molecular flexibility index (Phi) is 2.77. The molecular formula is C10H14N4OS. The normalized spacial score (nSPS) is 14.0. The van der Waals surface area contributed by atoms with Gasteiger partial charge in [-0.2, -0.15) is 4.98 Å². The SMILES string of the molecule is CC(C)(C)[C@H](N)c1nc(-c2cncs2)no1. The lowest BCUT2D eigenvalue weighted by atomic mass is 9.87. The molecule has 0 spiro atoms. The van der Waals surface area contributed by atoms with Crippen molar-refractivity contribution in [2.75, 3.05) is 0 Å². The Hall–Kier alpha value is -1.27. The predicted molar refractivity (Wildman–Crippen MR) is 61.8 cm³/mol. The third-order valence-electron chi connectivity index (χ3n) is 2.29. The Labute approximate surface area is 97.7 Å². The summed E-state index contributed by atoms with van der Waals surface area (Å²) in [7, 11) is 0. The summed E-state index contributed by atoms with van der Waals surface area (Å²) in [5.74, 6) is 1.02. The average Bonchev–Trinajstić information content (AvgIpc) is 2.85. The zero-order chi connectivity index (χ0) is 11.8. The van der Waals surface area contributed by atoms with Gasteiger partial charge in [-0.1, -0.05) is 25.9 Å². The summed E-state index contributed by atoms with van der Waals surface area (Å²) in [4.78, 5) is 9.14. The van der Waals surface area contributed by atoms with Gasteiger partial charge in [0.1, 0.15) is 0 Å². The van der Waals surface area contributed by atoms with E-state index in [2.05, 4.69) is 15.1 Å². The molecule has 0 aromatic carbocycles. The van der Waals surface area contributed by atoms with E-state index in [4.69, 9.17) is 10.3 Å². The molecule has 2 N–H and O–H groups in total. The van der Waals surface area contributed by atoms with Crippen LogP contribution in [0.5, 0.6) is 0 Å². The van der Waals surface area contributed by atoms with E-state index in [1.54, 1.807) is 11.7 Å². The molecule has 2 heterocycles. The molecule has 0 unspecified atom stereocenters. The molecule has 0 aliphatic heterocycles. The Morgan fingerprint density at radius 1 is 1.44 bits per heavy atom. The second kappa shape index (κ2) is 3.95. The average molecular weight is 238 g/mol. The van der Waals surface area contributed by atoms with Crippen molar-refractivity contribution in [1.82, 2.24) is 15.1 Å². The Bertz CT molecular complexity index is 457. The van der Waals surface area contributed by atoms with Crippen LogP contribution in [0.2, 0.25) is 0 Å². The van der Waals surface area contributed by atoms with Gasteiger partial charge >= 0.3 is 0 Å². The van der Waals surface area contributed by atoms with E-state index in [1.807, 2.05) is 20.8 Å². The summed E-state index contributed by atoms with van der Waals surface area (Å²) < 4.78 is 5.17. The molecule has 2 rings (SSSR count). The van der Waals surface area contributed by atoms with Crippen LogP contribution >= 0.6 is 11.3 Å². The van der Waals surface area contributed by atoms with Crippen molar-refractivity contribution < 1.29 is 4.52 Å². The quantitative estimate of drug-likeness (QED) is 0.868. The Morgan fingerprint density at radius 2 is 2.19 bits per heavy atom. The van der Waals surface area contributed by atoms with Gasteiger partial charge in [-0.05, 0) is 5.41 Å². The third kappa shape index (κ3) is 2.12. The van der Waals surface area contributed by atoms with E-state index < -0.39 is 0 Å². The Balaban J connectivity index is 2.27. The summed E-state index contributed by atoms with van der Waals surface area (Å²) in [5, 5.41) is 3.90. The van der Waals surface area contributed by atoms with Crippen molar-refractivity contribution in [2.45, 2.75) is 26.8 Å². The maximum atomic E-state index is 6.03. The molecule has 0 fully saturated rings. The largest absolute Gasteiger partial charge is 0.337 e. The standard InChI is InChI=1S/C10H14N4OS/c1-10(2,3)7(11)9-13-8(14-15-9)6-4-12-5-16-6/h4-5,7H,11H2,1-3H3/t7-/m1/s1. The fraction of sp³-hybridized carbons (Fsp3) is 0.500. The maximum Gasteiger partial charge on any atom is 0.244 e. The zero-order valence-electron chi connectivity index (χ0n) is 9.47. The minimum atomic E-state index is -0.262. The first-order chi connectivity index (χ1) is 7.48. The minimum Gasteiger partial charge on any atom is -0.337 e. The summed E-state index contributed by atoms with van der Waals surface area (Å²) in [6.07, 6.45) is 1.71. The molecule has 2 aromatic heterocycles. The van der Waals surface area contributed by atoms with Crippen LogP contribution in [0.25, 0.3) is 10.7 Å². The van der Waals surface area contributed by atoms with Crippen molar-refractivity contribution in [1.29, 1.82) is 0 Å².